The molecule has 0 bridgehead atoms. The van der Waals surface area contributed by atoms with Gasteiger partial charge in [-0.2, -0.15) is 0 Å². The van der Waals surface area contributed by atoms with E-state index in [1.165, 1.54) is 0 Å². The lowest BCUT2D eigenvalue weighted by Gasteiger charge is -2.40. The van der Waals surface area contributed by atoms with Crippen molar-refractivity contribution in [2.75, 3.05) is 26.3 Å². The number of likely N-dealkylation sites (tertiary alicyclic amines) is 1. The molecule has 3 rings (SSSR count). The largest absolute Gasteiger partial charge is 0.466 e. The zero-order valence-corrected chi connectivity index (χ0v) is 15.1. The predicted octanol–water partition coefficient (Wildman–Crippen LogP) is 3.14. The molecule has 3 heterocycles. The maximum absolute atomic E-state index is 12.7. The highest BCUT2D eigenvalue weighted by Gasteiger charge is 2.42. The van der Waals surface area contributed by atoms with Crippen molar-refractivity contribution >= 4 is 6.03 Å². The quantitative estimate of drug-likeness (QED) is 0.921. The molecule has 134 valence electrons. The van der Waals surface area contributed by atoms with Crippen LogP contribution in [-0.4, -0.2) is 43.0 Å². The normalized spacial score (nSPS) is 24.8. The zero-order valence-electron chi connectivity index (χ0n) is 15.1. The zero-order chi connectivity index (χ0) is 17.3. The minimum absolute atomic E-state index is 0.0351. The molecule has 1 aromatic rings. The first-order valence-corrected chi connectivity index (χ1v) is 8.79. The number of rotatable bonds is 3. The van der Waals surface area contributed by atoms with E-state index in [1.807, 2.05) is 38.7 Å². The van der Waals surface area contributed by atoms with Gasteiger partial charge in [0.15, 0.2) is 5.79 Å². The third-order valence-corrected chi connectivity index (χ3v) is 5.20. The lowest BCUT2D eigenvalue weighted by molar-refractivity contribution is -0.189. The summed E-state index contributed by atoms with van der Waals surface area (Å²) in [5.74, 6) is 1.39. The van der Waals surface area contributed by atoms with Gasteiger partial charge in [0, 0.05) is 24.6 Å². The molecule has 1 aromatic heterocycles. The van der Waals surface area contributed by atoms with E-state index in [0.717, 1.165) is 36.5 Å². The predicted molar refractivity (Wildman–Crippen MR) is 89.7 cm³/mol. The summed E-state index contributed by atoms with van der Waals surface area (Å²) in [5.41, 5.74) is 1.03. The Morgan fingerprint density at radius 2 is 2.08 bits per heavy atom. The van der Waals surface area contributed by atoms with E-state index < -0.39 is 5.79 Å². The van der Waals surface area contributed by atoms with Crippen molar-refractivity contribution in [3.8, 4) is 0 Å². The van der Waals surface area contributed by atoms with Crippen LogP contribution in [0.3, 0.4) is 0 Å². The Morgan fingerprint density at radius 3 is 2.71 bits per heavy atom. The van der Waals surface area contributed by atoms with E-state index in [0.29, 0.717) is 19.8 Å². The molecule has 6 heteroatoms. The van der Waals surface area contributed by atoms with Crippen molar-refractivity contribution < 1.29 is 18.7 Å². The monoisotopic (exact) mass is 336 g/mol. The number of hydrogen-bond donors (Lipinski definition) is 1. The number of furan rings is 1. The lowest BCUT2D eigenvalue weighted by atomic mass is 9.90. The molecule has 2 aliphatic rings. The number of nitrogens with one attached hydrogen (secondary N) is 1. The second-order valence-electron chi connectivity index (χ2n) is 7.04. The lowest BCUT2D eigenvalue weighted by Crippen LogP contribution is -2.51. The van der Waals surface area contributed by atoms with Crippen LogP contribution in [0.5, 0.6) is 0 Å². The molecule has 0 radical (unpaired) electrons. The van der Waals surface area contributed by atoms with Gasteiger partial charge in [-0.25, -0.2) is 4.79 Å². The number of nitrogens with zero attached hydrogens (tertiary/aromatic N) is 1. The first-order chi connectivity index (χ1) is 11.4. The van der Waals surface area contributed by atoms with Crippen LogP contribution in [0.2, 0.25) is 0 Å². The summed E-state index contributed by atoms with van der Waals surface area (Å²) < 4.78 is 17.1. The van der Waals surface area contributed by atoms with Crippen LogP contribution in [0.25, 0.3) is 0 Å². The molecule has 0 aliphatic carbocycles. The number of piperidine rings is 1. The summed E-state index contributed by atoms with van der Waals surface area (Å²) in [6.07, 6.45) is 1.99. The van der Waals surface area contributed by atoms with Crippen molar-refractivity contribution in [3.05, 3.63) is 23.2 Å². The van der Waals surface area contributed by atoms with E-state index in [9.17, 15) is 4.79 Å². The molecule has 24 heavy (non-hydrogen) atoms. The summed E-state index contributed by atoms with van der Waals surface area (Å²) in [6.45, 7) is 10.5. The second-order valence-corrected chi connectivity index (χ2v) is 7.04. The van der Waals surface area contributed by atoms with Crippen LogP contribution in [0.15, 0.2) is 10.5 Å². The van der Waals surface area contributed by atoms with E-state index in [4.69, 9.17) is 13.9 Å². The summed E-state index contributed by atoms with van der Waals surface area (Å²) in [4.78, 5) is 14.5. The van der Waals surface area contributed by atoms with Gasteiger partial charge in [-0.3, -0.25) is 0 Å². The third kappa shape index (κ3) is 3.44. The van der Waals surface area contributed by atoms with Crippen LogP contribution in [0.1, 0.15) is 49.8 Å². The Morgan fingerprint density at radius 1 is 1.38 bits per heavy atom. The molecule has 2 fully saturated rings. The van der Waals surface area contributed by atoms with E-state index >= 15 is 0 Å². The summed E-state index contributed by atoms with van der Waals surface area (Å²) >= 11 is 0. The van der Waals surface area contributed by atoms with Crippen molar-refractivity contribution in [1.29, 1.82) is 0 Å². The van der Waals surface area contributed by atoms with Gasteiger partial charge < -0.3 is 24.1 Å². The average molecular weight is 336 g/mol. The number of carbonyl (C=O) groups is 1. The van der Waals surface area contributed by atoms with Gasteiger partial charge in [-0.1, -0.05) is 0 Å². The van der Waals surface area contributed by atoms with Gasteiger partial charge in [0.25, 0.3) is 0 Å². The standard InChI is InChI=1S/C18H28N2O4/c1-12-10-16(14(3)24-12)13(2)19-17(21)20-7-5-6-15(11-20)18(4)22-8-9-23-18/h10,13,15H,5-9,11H2,1-4H3,(H,19,21)/t13-,15+/m1/s1. The molecule has 6 nitrogen and oxygen atoms in total. The Kier molecular flexibility index (Phi) is 4.88. The molecule has 0 unspecified atom stereocenters. The summed E-state index contributed by atoms with van der Waals surface area (Å²) in [5, 5.41) is 3.09. The van der Waals surface area contributed by atoms with Gasteiger partial charge in [0.2, 0.25) is 0 Å². The van der Waals surface area contributed by atoms with Gasteiger partial charge in [0.05, 0.1) is 19.3 Å². The molecule has 0 aromatic carbocycles. The Labute approximate surface area is 143 Å². The van der Waals surface area contributed by atoms with E-state index in [2.05, 4.69) is 5.32 Å². The van der Waals surface area contributed by atoms with Crippen LogP contribution >= 0.6 is 0 Å². The molecule has 0 spiro atoms. The van der Waals surface area contributed by atoms with E-state index in [-0.39, 0.29) is 18.0 Å². The third-order valence-electron chi connectivity index (χ3n) is 5.20. The smallest absolute Gasteiger partial charge is 0.317 e. The minimum Gasteiger partial charge on any atom is -0.466 e. The first kappa shape index (κ1) is 17.3. The molecular weight excluding hydrogens is 308 g/mol. The van der Waals surface area contributed by atoms with Crippen LogP contribution < -0.4 is 5.32 Å². The van der Waals surface area contributed by atoms with Gasteiger partial charge in [0.1, 0.15) is 11.5 Å². The molecular formula is C18H28N2O4. The topological polar surface area (TPSA) is 63.9 Å². The number of hydrogen-bond acceptors (Lipinski definition) is 4. The van der Waals surface area contributed by atoms with Crippen LogP contribution in [-0.2, 0) is 9.47 Å². The SMILES string of the molecule is Cc1cc([C@@H](C)NC(=O)N2CCC[C@H](C3(C)OCCO3)C2)c(C)o1. The first-order valence-electron chi connectivity index (χ1n) is 8.79. The fraction of sp³-hybridized carbons (Fsp3) is 0.722. The molecule has 0 saturated carbocycles. The Bertz CT molecular complexity index is 592. The Hall–Kier alpha value is -1.53. The number of ether oxygens (including phenoxy) is 2. The highest BCUT2D eigenvalue weighted by Crippen LogP contribution is 2.34. The maximum Gasteiger partial charge on any atom is 0.317 e. The summed E-state index contributed by atoms with van der Waals surface area (Å²) in [6, 6.07) is 1.87. The number of amides is 2. The highest BCUT2D eigenvalue weighted by molar-refractivity contribution is 5.74. The van der Waals surface area contributed by atoms with Crippen LogP contribution in [0, 0.1) is 19.8 Å². The average Bonchev–Trinajstić information content (AvgIpc) is 3.14. The molecule has 2 aliphatic heterocycles. The molecule has 2 atom stereocenters. The fourth-order valence-corrected chi connectivity index (χ4v) is 3.79. The van der Waals surface area contributed by atoms with Crippen molar-refractivity contribution in [2.24, 2.45) is 5.92 Å². The molecule has 2 amide bonds. The Balaban J connectivity index is 1.61. The molecule has 2 saturated heterocycles. The number of urea groups is 1. The summed E-state index contributed by atoms with van der Waals surface area (Å²) in [7, 11) is 0. The number of aryl methyl sites for hydroxylation is 2. The second kappa shape index (κ2) is 6.76. The van der Waals surface area contributed by atoms with Crippen molar-refractivity contribution in [2.45, 2.75) is 52.4 Å². The van der Waals surface area contributed by atoms with E-state index in [1.54, 1.807) is 0 Å². The van der Waals surface area contributed by atoms with Crippen LogP contribution in [0.4, 0.5) is 4.79 Å². The van der Waals surface area contributed by atoms with Gasteiger partial charge in [-0.05, 0) is 46.6 Å². The number of carbonyl (C=O) groups excluding carboxylic acids is 1. The van der Waals surface area contributed by atoms with Gasteiger partial charge in [-0.15, -0.1) is 0 Å². The van der Waals surface area contributed by atoms with Crippen molar-refractivity contribution in [1.82, 2.24) is 10.2 Å². The van der Waals surface area contributed by atoms with Crippen molar-refractivity contribution in [3.63, 3.8) is 0 Å². The molecule has 1 N–H and O–H groups in total. The fourth-order valence-electron chi connectivity index (χ4n) is 3.79. The maximum atomic E-state index is 12.7. The minimum atomic E-state index is -0.553. The van der Waals surface area contributed by atoms with Gasteiger partial charge >= 0.3 is 6.03 Å². The highest BCUT2D eigenvalue weighted by atomic mass is 16.7.